The predicted octanol–water partition coefficient (Wildman–Crippen LogP) is 1.80. The molecule has 1 aromatic heterocycles. The van der Waals surface area contributed by atoms with E-state index in [0.29, 0.717) is 5.56 Å². The van der Waals surface area contributed by atoms with Gasteiger partial charge in [0.15, 0.2) is 12.4 Å². The van der Waals surface area contributed by atoms with Crippen molar-refractivity contribution in [2.75, 3.05) is 11.9 Å². The van der Waals surface area contributed by atoms with E-state index in [1.54, 1.807) is 13.0 Å². The molecule has 0 fully saturated rings. The molecule has 2 rings (SSSR count). The standard InChI is InChI=1S/C17H17N3O7/c1-10-5-3-6-12(20(24)25)15(10)19-14(21)9-27-17(23)11(2)18-16(22)13-7-4-8-26-13/h3-8,11H,9H2,1-2H3,(H,18,22)(H,19,21)/t11-/m0/s1. The Hall–Kier alpha value is -3.69. The maximum Gasteiger partial charge on any atom is 0.328 e. The highest BCUT2D eigenvalue weighted by molar-refractivity contribution is 5.97. The number of para-hydroxylation sites is 1. The molecule has 2 N–H and O–H groups in total. The number of benzene rings is 1. The number of anilines is 1. The molecule has 142 valence electrons. The van der Waals surface area contributed by atoms with Crippen LogP contribution in [0.15, 0.2) is 41.0 Å². The van der Waals surface area contributed by atoms with Crippen molar-refractivity contribution < 1.29 is 28.5 Å². The fourth-order valence-corrected chi connectivity index (χ4v) is 2.14. The minimum absolute atomic E-state index is 0.0271. The molecule has 0 unspecified atom stereocenters. The largest absolute Gasteiger partial charge is 0.459 e. The van der Waals surface area contributed by atoms with Crippen LogP contribution < -0.4 is 10.6 Å². The number of amides is 2. The normalized spacial score (nSPS) is 11.3. The Morgan fingerprint density at radius 3 is 2.63 bits per heavy atom. The maximum atomic E-state index is 12.0. The molecule has 27 heavy (non-hydrogen) atoms. The number of aryl methyl sites for hydroxylation is 1. The summed E-state index contributed by atoms with van der Waals surface area (Å²) in [6.07, 6.45) is 1.31. The van der Waals surface area contributed by atoms with E-state index in [2.05, 4.69) is 10.6 Å². The fraction of sp³-hybridized carbons (Fsp3) is 0.235. The topological polar surface area (TPSA) is 141 Å². The van der Waals surface area contributed by atoms with Gasteiger partial charge in [-0.25, -0.2) is 4.79 Å². The lowest BCUT2D eigenvalue weighted by Crippen LogP contribution is -2.40. The minimum atomic E-state index is -1.02. The average molecular weight is 375 g/mol. The van der Waals surface area contributed by atoms with Gasteiger partial charge in [-0.2, -0.15) is 0 Å². The summed E-state index contributed by atoms with van der Waals surface area (Å²) in [4.78, 5) is 46.0. The summed E-state index contributed by atoms with van der Waals surface area (Å²) in [5.41, 5.74) is 0.249. The number of furan rings is 1. The second kappa shape index (κ2) is 8.61. The van der Waals surface area contributed by atoms with Gasteiger partial charge >= 0.3 is 5.97 Å². The number of hydrogen-bond acceptors (Lipinski definition) is 7. The SMILES string of the molecule is Cc1cccc([N+](=O)[O-])c1NC(=O)COC(=O)[C@H](C)NC(=O)c1ccco1. The highest BCUT2D eigenvalue weighted by Crippen LogP contribution is 2.27. The first kappa shape index (κ1) is 19.6. The van der Waals surface area contributed by atoms with Crippen LogP contribution >= 0.6 is 0 Å². The van der Waals surface area contributed by atoms with Gasteiger partial charge in [-0.1, -0.05) is 12.1 Å². The third-order valence-electron chi connectivity index (χ3n) is 3.50. The second-order valence-corrected chi connectivity index (χ2v) is 5.55. The number of carbonyl (C=O) groups is 3. The van der Waals surface area contributed by atoms with Crippen molar-refractivity contribution in [2.45, 2.75) is 19.9 Å². The fourth-order valence-electron chi connectivity index (χ4n) is 2.14. The van der Waals surface area contributed by atoms with Gasteiger partial charge in [0.1, 0.15) is 11.7 Å². The molecule has 2 aromatic rings. The Kier molecular flexibility index (Phi) is 6.26. The van der Waals surface area contributed by atoms with E-state index in [1.807, 2.05) is 0 Å². The Morgan fingerprint density at radius 1 is 1.26 bits per heavy atom. The number of nitrogens with one attached hydrogen (secondary N) is 2. The zero-order valence-corrected chi connectivity index (χ0v) is 14.6. The lowest BCUT2D eigenvalue weighted by atomic mass is 10.1. The van der Waals surface area contributed by atoms with E-state index in [1.165, 1.54) is 37.5 Å². The highest BCUT2D eigenvalue weighted by atomic mass is 16.6. The molecule has 0 bridgehead atoms. The van der Waals surface area contributed by atoms with Crippen molar-refractivity contribution in [3.8, 4) is 0 Å². The van der Waals surface area contributed by atoms with Crippen molar-refractivity contribution in [1.29, 1.82) is 0 Å². The Bertz CT molecular complexity index is 861. The molecule has 0 saturated carbocycles. The van der Waals surface area contributed by atoms with Gasteiger partial charge in [-0.05, 0) is 31.5 Å². The molecular formula is C17H17N3O7. The summed E-state index contributed by atoms with van der Waals surface area (Å²) in [6, 6.07) is 6.26. The zero-order valence-electron chi connectivity index (χ0n) is 14.6. The monoisotopic (exact) mass is 375 g/mol. The minimum Gasteiger partial charge on any atom is -0.459 e. The van der Waals surface area contributed by atoms with E-state index in [-0.39, 0.29) is 17.1 Å². The molecule has 1 atom stereocenters. The van der Waals surface area contributed by atoms with Gasteiger partial charge in [-0.3, -0.25) is 19.7 Å². The summed E-state index contributed by atoms with van der Waals surface area (Å²) in [5, 5.41) is 15.7. The number of hydrogen-bond donors (Lipinski definition) is 2. The number of nitro groups is 1. The summed E-state index contributed by atoms with van der Waals surface area (Å²) >= 11 is 0. The van der Waals surface area contributed by atoms with Crippen molar-refractivity contribution in [3.05, 3.63) is 58.0 Å². The molecule has 10 heteroatoms. The van der Waals surface area contributed by atoms with Gasteiger partial charge in [0.25, 0.3) is 17.5 Å². The molecule has 1 heterocycles. The first-order valence-electron chi connectivity index (χ1n) is 7.84. The number of nitrogens with zero attached hydrogens (tertiary/aromatic N) is 1. The predicted molar refractivity (Wildman–Crippen MR) is 93.1 cm³/mol. The molecule has 0 spiro atoms. The van der Waals surface area contributed by atoms with Crippen LogP contribution in [0.25, 0.3) is 0 Å². The molecule has 2 amide bonds. The maximum absolute atomic E-state index is 12.0. The average Bonchev–Trinajstić information content (AvgIpc) is 3.15. The Balaban J connectivity index is 1.89. The summed E-state index contributed by atoms with van der Waals surface area (Å²) in [7, 11) is 0. The van der Waals surface area contributed by atoms with Crippen molar-refractivity contribution in [2.24, 2.45) is 0 Å². The quantitative estimate of drug-likeness (QED) is 0.427. The van der Waals surface area contributed by atoms with Crippen molar-refractivity contribution in [1.82, 2.24) is 5.32 Å². The van der Waals surface area contributed by atoms with Crippen LogP contribution in [0.1, 0.15) is 23.0 Å². The first-order valence-corrected chi connectivity index (χ1v) is 7.84. The third kappa shape index (κ3) is 5.14. The van der Waals surface area contributed by atoms with Gasteiger partial charge in [0.2, 0.25) is 0 Å². The third-order valence-corrected chi connectivity index (χ3v) is 3.50. The molecule has 1 aromatic carbocycles. The highest BCUT2D eigenvalue weighted by Gasteiger charge is 2.22. The number of rotatable bonds is 7. The number of ether oxygens (including phenoxy) is 1. The Labute approximate surface area is 153 Å². The van der Waals surface area contributed by atoms with E-state index >= 15 is 0 Å². The zero-order chi connectivity index (χ0) is 20.0. The number of nitro benzene ring substituents is 1. The molecule has 0 aliphatic heterocycles. The Morgan fingerprint density at radius 2 is 2.00 bits per heavy atom. The summed E-state index contributed by atoms with van der Waals surface area (Å²) in [5.74, 6) is -2.17. The summed E-state index contributed by atoms with van der Waals surface area (Å²) in [6.45, 7) is 2.32. The van der Waals surface area contributed by atoms with E-state index in [0.717, 1.165) is 0 Å². The van der Waals surface area contributed by atoms with Gasteiger partial charge < -0.3 is 19.8 Å². The molecular weight excluding hydrogens is 358 g/mol. The van der Waals surface area contributed by atoms with Crippen molar-refractivity contribution in [3.63, 3.8) is 0 Å². The van der Waals surface area contributed by atoms with Crippen LogP contribution in [0.3, 0.4) is 0 Å². The van der Waals surface area contributed by atoms with Gasteiger partial charge in [-0.15, -0.1) is 0 Å². The second-order valence-electron chi connectivity index (χ2n) is 5.55. The number of esters is 1. The lowest BCUT2D eigenvalue weighted by molar-refractivity contribution is -0.384. The molecule has 10 nitrogen and oxygen atoms in total. The lowest BCUT2D eigenvalue weighted by Gasteiger charge is -2.13. The molecule has 0 aliphatic rings. The first-order chi connectivity index (χ1) is 12.8. The van der Waals surface area contributed by atoms with Crippen LogP contribution in [0.5, 0.6) is 0 Å². The van der Waals surface area contributed by atoms with Crippen LogP contribution in [0.4, 0.5) is 11.4 Å². The smallest absolute Gasteiger partial charge is 0.328 e. The van der Waals surface area contributed by atoms with E-state index in [4.69, 9.17) is 9.15 Å². The van der Waals surface area contributed by atoms with E-state index < -0.39 is 35.4 Å². The van der Waals surface area contributed by atoms with Crippen LogP contribution in [0, 0.1) is 17.0 Å². The van der Waals surface area contributed by atoms with Crippen molar-refractivity contribution >= 4 is 29.2 Å². The molecule has 0 radical (unpaired) electrons. The van der Waals surface area contributed by atoms with Gasteiger partial charge in [0.05, 0.1) is 11.2 Å². The van der Waals surface area contributed by atoms with Crippen LogP contribution in [-0.4, -0.2) is 35.4 Å². The molecule has 0 saturated heterocycles. The van der Waals surface area contributed by atoms with Crippen LogP contribution in [0.2, 0.25) is 0 Å². The van der Waals surface area contributed by atoms with E-state index in [9.17, 15) is 24.5 Å². The number of carbonyl (C=O) groups excluding carboxylic acids is 3. The summed E-state index contributed by atoms with van der Waals surface area (Å²) < 4.78 is 9.73. The molecule has 0 aliphatic carbocycles. The van der Waals surface area contributed by atoms with Gasteiger partial charge in [0, 0.05) is 6.07 Å². The van der Waals surface area contributed by atoms with Crippen LogP contribution in [-0.2, 0) is 14.3 Å².